The van der Waals surface area contributed by atoms with Crippen LogP contribution in [0, 0.1) is 0 Å². The van der Waals surface area contributed by atoms with Gasteiger partial charge in [-0.2, -0.15) is 5.10 Å². The lowest BCUT2D eigenvalue weighted by Crippen LogP contribution is -2.27. The van der Waals surface area contributed by atoms with Crippen LogP contribution in [0.15, 0.2) is 16.9 Å². The predicted molar refractivity (Wildman–Crippen MR) is 71.4 cm³/mol. The summed E-state index contributed by atoms with van der Waals surface area (Å²) in [7, 11) is 0. The minimum Gasteiger partial charge on any atom is -0.444 e. The summed E-state index contributed by atoms with van der Waals surface area (Å²) in [6.45, 7) is 5.40. The zero-order chi connectivity index (χ0) is 13.3. The minimum atomic E-state index is -0.547. The van der Waals surface area contributed by atoms with Crippen LogP contribution in [0.5, 0.6) is 0 Å². The summed E-state index contributed by atoms with van der Waals surface area (Å²) >= 11 is 3.35. The number of H-pyrrole nitrogens is 1. The molecule has 2 N–H and O–H groups in total. The van der Waals surface area contributed by atoms with Crippen LogP contribution in [-0.4, -0.2) is 26.9 Å². The molecule has 0 unspecified atom stereocenters. The van der Waals surface area contributed by atoms with E-state index in [1.807, 2.05) is 0 Å². The lowest BCUT2D eigenvalue weighted by molar-refractivity contribution is 0.0635. The van der Waals surface area contributed by atoms with Crippen molar-refractivity contribution in [1.82, 2.24) is 15.2 Å². The van der Waals surface area contributed by atoms with Crippen LogP contribution in [0.2, 0.25) is 0 Å². The van der Waals surface area contributed by atoms with Crippen LogP contribution in [0.1, 0.15) is 20.8 Å². The molecule has 0 spiro atoms. The maximum absolute atomic E-state index is 11.7. The number of fused-ring (bicyclic) bond motifs is 1. The highest BCUT2D eigenvalue weighted by atomic mass is 79.9. The summed E-state index contributed by atoms with van der Waals surface area (Å²) in [6.07, 6.45) is 2.65. The first kappa shape index (κ1) is 12.8. The number of hydrogen-bond donors (Lipinski definition) is 2. The molecule has 2 rings (SSSR count). The predicted octanol–water partition coefficient (Wildman–Crippen LogP) is 3.07. The standard InChI is InChI=1S/C11H13BrN4O2/c1-11(2,3)18-10(17)15-9-6-4-14-16-8(6)7(12)5-13-9/h4-5H,1-3H3,(H,14,16)(H,13,15,17). The SMILES string of the molecule is CC(C)(C)OC(=O)Nc1ncc(Br)c2[nH]ncc12. The first-order valence-corrected chi connectivity index (χ1v) is 6.14. The maximum atomic E-state index is 11.7. The van der Waals surface area contributed by atoms with Crippen LogP contribution in [-0.2, 0) is 4.74 Å². The third-order valence-electron chi connectivity index (χ3n) is 2.06. The van der Waals surface area contributed by atoms with Gasteiger partial charge in [-0.05, 0) is 36.7 Å². The van der Waals surface area contributed by atoms with Gasteiger partial charge < -0.3 is 4.74 Å². The van der Waals surface area contributed by atoms with Crippen molar-refractivity contribution in [2.45, 2.75) is 26.4 Å². The number of aromatic nitrogens is 3. The molecule has 6 nitrogen and oxygen atoms in total. The maximum Gasteiger partial charge on any atom is 0.413 e. The molecule has 0 aliphatic carbocycles. The molecule has 0 saturated heterocycles. The number of ether oxygens (including phenoxy) is 1. The van der Waals surface area contributed by atoms with E-state index in [1.165, 1.54) is 0 Å². The second kappa shape index (κ2) is 4.56. The number of halogens is 1. The fourth-order valence-electron chi connectivity index (χ4n) is 1.40. The van der Waals surface area contributed by atoms with Gasteiger partial charge in [0.15, 0.2) is 0 Å². The Hall–Kier alpha value is -1.63. The molecular formula is C11H13BrN4O2. The van der Waals surface area contributed by atoms with Crippen molar-refractivity contribution >= 4 is 38.7 Å². The fourth-order valence-corrected chi connectivity index (χ4v) is 1.81. The van der Waals surface area contributed by atoms with Gasteiger partial charge in [-0.3, -0.25) is 10.4 Å². The average molecular weight is 313 g/mol. The van der Waals surface area contributed by atoms with Gasteiger partial charge in [-0.15, -0.1) is 0 Å². The highest BCUT2D eigenvalue weighted by Gasteiger charge is 2.18. The Labute approximate surface area is 112 Å². The number of pyridine rings is 1. The molecule has 0 radical (unpaired) electrons. The molecule has 7 heteroatoms. The number of carbonyl (C=O) groups excluding carboxylic acids is 1. The van der Waals surface area contributed by atoms with E-state index < -0.39 is 11.7 Å². The van der Waals surface area contributed by atoms with Crippen LogP contribution < -0.4 is 5.32 Å². The molecule has 0 aromatic carbocycles. The van der Waals surface area contributed by atoms with E-state index in [9.17, 15) is 4.79 Å². The van der Waals surface area contributed by atoms with Gasteiger partial charge in [-0.1, -0.05) is 0 Å². The van der Waals surface area contributed by atoms with Crippen LogP contribution in [0.3, 0.4) is 0 Å². The first-order chi connectivity index (χ1) is 8.37. The summed E-state index contributed by atoms with van der Waals surface area (Å²) < 4.78 is 5.95. The van der Waals surface area contributed by atoms with E-state index in [0.717, 1.165) is 15.4 Å². The smallest absolute Gasteiger partial charge is 0.413 e. The molecular weight excluding hydrogens is 300 g/mol. The highest BCUT2D eigenvalue weighted by molar-refractivity contribution is 9.10. The molecule has 0 aliphatic heterocycles. The number of nitrogens with zero attached hydrogens (tertiary/aromatic N) is 2. The molecule has 2 aromatic heterocycles. The second-order valence-corrected chi connectivity index (χ2v) is 5.59. The van der Waals surface area contributed by atoms with Gasteiger partial charge in [0, 0.05) is 6.20 Å². The number of anilines is 1. The van der Waals surface area contributed by atoms with Gasteiger partial charge in [-0.25, -0.2) is 9.78 Å². The fraction of sp³-hybridized carbons (Fsp3) is 0.364. The molecule has 0 bridgehead atoms. The number of hydrogen-bond acceptors (Lipinski definition) is 4. The number of amides is 1. The van der Waals surface area contributed by atoms with Gasteiger partial charge in [0.25, 0.3) is 0 Å². The lowest BCUT2D eigenvalue weighted by atomic mass is 10.2. The highest BCUT2D eigenvalue weighted by Crippen LogP contribution is 2.26. The number of carbonyl (C=O) groups is 1. The van der Waals surface area contributed by atoms with Gasteiger partial charge in [0.1, 0.15) is 11.4 Å². The lowest BCUT2D eigenvalue weighted by Gasteiger charge is -2.19. The molecule has 0 fully saturated rings. The molecule has 96 valence electrons. The Morgan fingerprint density at radius 1 is 1.44 bits per heavy atom. The largest absolute Gasteiger partial charge is 0.444 e. The Morgan fingerprint density at radius 3 is 2.83 bits per heavy atom. The van der Waals surface area contributed by atoms with E-state index in [-0.39, 0.29) is 0 Å². The van der Waals surface area contributed by atoms with Crippen molar-refractivity contribution < 1.29 is 9.53 Å². The minimum absolute atomic E-state index is 0.413. The topological polar surface area (TPSA) is 79.9 Å². The van der Waals surface area contributed by atoms with E-state index in [2.05, 4.69) is 36.4 Å². The first-order valence-electron chi connectivity index (χ1n) is 5.34. The molecule has 2 heterocycles. The molecule has 0 atom stereocenters. The van der Waals surface area contributed by atoms with E-state index in [1.54, 1.807) is 33.2 Å². The van der Waals surface area contributed by atoms with Crippen LogP contribution in [0.4, 0.5) is 10.6 Å². The quantitative estimate of drug-likeness (QED) is 0.848. The monoisotopic (exact) mass is 312 g/mol. The van der Waals surface area contributed by atoms with Crippen LogP contribution in [0.25, 0.3) is 10.9 Å². The third kappa shape index (κ3) is 2.79. The van der Waals surface area contributed by atoms with Gasteiger partial charge in [0.05, 0.1) is 21.6 Å². The molecule has 2 aromatic rings. The zero-order valence-corrected chi connectivity index (χ0v) is 11.8. The third-order valence-corrected chi connectivity index (χ3v) is 2.66. The Bertz CT molecular complexity index is 588. The Balaban J connectivity index is 2.25. The van der Waals surface area contributed by atoms with Gasteiger partial charge in [0.2, 0.25) is 0 Å². The number of nitrogens with one attached hydrogen (secondary N) is 2. The van der Waals surface area contributed by atoms with Crippen LogP contribution >= 0.6 is 15.9 Å². The van der Waals surface area contributed by atoms with Crippen molar-refractivity contribution in [3.05, 3.63) is 16.9 Å². The van der Waals surface area contributed by atoms with Crippen molar-refractivity contribution in [3.8, 4) is 0 Å². The zero-order valence-electron chi connectivity index (χ0n) is 10.2. The van der Waals surface area contributed by atoms with Crippen molar-refractivity contribution in [2.75, 3.05) is 5.32 Å². The molecule has 1 amide bonds. The Kier molecular flexibility index (Phi) is 3.25. The number of rotatable bonds is 1. The molecule has 0 saturated carbocycles. The summed E-state index contributed by atoms with van der Waals surface area (Å²) in [5.41, 5.74) is 0.227. The van der Waals surface area contributed by atoms with Crippen molar-refractivity contribution in [3.63, 3.8) is 0 Å². The van der Waals surface area contributed by atoms with E-state index in [0.29, 0.717) is 5.82 Å². The van der Waals surface area contributed by atoms with E-state index in [4.69, 9.17) is 4.74 Å². The number of aromatic amines is 1. The van der Waals surface area contributed by atoms with Crippen molar-refractivity contribution in [2.24, 2.45) is 0 Å². The summed E-state index contributed by atoms with van der Waals surface area (Å²) in [5, 5.41) is 10.1. The summed E-state index contributed by atoms with van der Waals surface area (Å²) in [4.78, 5) is 15.8. The van der Waals surface area contributed by atoms with Gasteiger partial charge >= 0.3 is 6.09 Å². The average Bonchev–Trinajstić information content (AvgIpc) is 2.69. The molecule has 0 aliphatic rings. The normalized spacial score (nSPS) is 11.6. The summed E-state index contributed by atoms with van der Waals surface area (Å²) in [6, 6.07) is 0. The Morgan fingerprint density at radius 2 is 2.17 bits per heavy atom. The second-order valence-electron chi connectivity index (χ2n) is 4.74. The van der Waals surface area contributed by atoms with Crippen molar-refractivity contribution in [1.29, 1.82) is 0 Å². The molecule has 18 heavy (non-hydrogen) atoms. The summed E-state index contributed by atoms with van der Waals surface area (Å²) in [5.74, 6) is 0.413. The van der Waals surface area contributed by atoms with E-state index >= 15 is 0 Å².